The molecule has 1 aliphatic rings. The first-order valence-corrected chi connectivity index (χ1v) is 9.87. The van der Waals surface area contributed by atoms with Crippen molar-refractivity contribution in [2.45, 2.75) is 30.2 Å². The molecule has 0 amide bonds. The number of rotatable bonds is 4. The molecule has 27 heavy (non-hydrogen) atoms. The zero-order chi connectivity index (χ0) is 18.9. The summed E-state index contributed by atoms with van der Waals surface area (Å²) in [5, 5.41) is 7.99. The largest absolute Gasteiger partial charge is 0.417 e. The summed E-state index contributed by atoms with van der Waals surface area (Å²) in [5.41, 5.74) is 0.409. The zero-order valence-electron chi connectivity index (χ0n) is 14.2. The van der Waals surface area contributed by atoms with Crippen LogP contribution in [0.5, 0.6) is 0 Å². The Morgan fingerprint density at radius 2 is 2.07 bits per heavy atom. The standard InChI is InChI=1S/C17H16FN5O3S/c18-12-4-3-5-13(10-12)27(24,25)23-9-2-1-6-15(23)17-22-21-16(26-17)14-11-19-7-8-20-14/h3-5,7-8,10-11,15H,1-2,6,9H2. The van der Waals surface area contributed by atoms with Crippen LogP contribution in [0.15, 0.2) is 52.2 Å². The van der Waals surface area contributed by atoms with Crippen molar-refractivity contribution in [1.82, 2.24) is 24.5 Å². The molecule has 10 heteroatoms. The third-order valence-corrected chi connectivity index (χ3v) is 6.27. The fourth-order valence-corrected chi connectivity index (χ4v) is 4.77. The second-order valence-electron chi connectivity index (χ2n) is 6.12. The highest BCUT2D eigenvalue weighted by Crippen LogP contribution is 2.35. The maximum atomic E-state index is 13.5. The third-order valence-electron chi connectivity index (χ3n) is 4.36. The van der Waals surface area contributed by atoms with Crippen LogP contribution in [-0.2, 0) is 10.0 Å². The molecular weight excluding hydrogens is 373 g/mol. The predicted octanol–water partition coefficient (Wildman–Crippen LogP) is 2.58. The molecule has 140 valence electrons. The van der Waals surface area contributed by atoms with E-state index < -0.39 is 21.9 Å². The Morgan fingerprint density at radius 1 is 1.19 bits per heavy atom. The Kier molecular flexibility index (Phi) is 4.66. The molecule has 8 nitrogen and oxygen atoms in total. The van der Waals surface area contributed by atoms with Gasteiger partial charge in [0.15, 0.2) is 0 Å². The summed E-state index contributed by atoms with van der Waals surface area (Å²) in [5.74, 6) is -0.241. The maximum Gasteiger partial charge on any atom is 0.267 e. The smallest absolute Gasteiger partial charge is 0.267 e. The minimum Gasteiger partial charge on any atom is -0.417 e. The molecule has 1 fully saturated rings. The summed E-state index contributed by atoms with van der Waals surface area (Å²) in [6.07, 6.45) is 6.57. The lowest BCUT2D eigenvalue weighted by molar-refractivity contribution is 0.220. The van der Waals surface area contributed by atoms with E-state index in [1.807, 2.05) is 0 Å². The Bertz CT molecular complexity index is 1040. The van der Waals surface area contributed by atoms with Gasteiger partial charge in [-0.3, -0.25) is 4.98 Å². The molecule has 1 aromatic carbocycles. The number of sulfonamides is 1. The van der Waals surface area contributed by atoms with Crippen LogP contribution in [0.25, 0.3) is 11.6 Å². The van der Waals surface area contributed by atoms with Gasteiger partial charge >= 0.3 is 0 Å². The lowest BCUT2D eigenvalue weighted by atomic mass is 10.1. The molecule has 3 heterocycles. The summed E-state index contributed by atoms with van der Waals surface area (Å²) < 4.78 is 46.6. The van der Waals surface area contributed by atoms with Crippen LogP contribution in [0.4, 0.5) is 4.39 Å². The maximum absolute atomic E-state index is 13.5. The van der Waals surface area contributed by atoms with Gasteiger partial charge < -0.3 is 4.42 Å². The van der Waals surface area contributed by atoms with Crippen molar-refractivity contribution >= 4 is 10.0 Å². The number of hydrogen-bond donors (Lipinski definition) is 0. The lowest BCUT2D eigenvalue weighted by Crippen LogP contribution is -2.38. The van der Waals surface area contributed by atoms with Crippen molar-refractivity contribution in [3.63, 3.8) is 0 Å². The zero-order valence-corrected chi connectivity index (χ0v) is 15.0. The molecule has 0 saturated carbocycles. The fourth-order valence-electron chi connectivity index (χ4n) is 3.08. The highest BCUT2D eigenvalue weighted by molar-refractivity contribution is 7.89. The quantitative estimate of drug-likeness (QED) is 0.676. The summed E-state index contributed by atoms with van der Waals surface area (Å²) in [6.45, 7) is 0.298. The number of hydrogen-bond acceptors (Lipinski definition) is 7. The van der Waals surface area contributed by atoms with Crippen molar-refractivity contribution in [3.05, 3.63) is 54.6 Å². The SMILES string of the molecule is O=S(=O)(c1cccc(F)c1)N1CCCCC1c1nnc(-c2cnccn2)o1. The van der Waals surface area contributed by atoms with Crippen LogP contribution in [0, 0.1) is 5.82 Å². The molecule has 4 rings (SSSR count). The summed E-state index contributed by atoms with van der Waals surface area (Å²) >= 11 is 0. The molecule has 0 bridgehead atoms. The average molecular weight is 389 g/mol. The Hall–Kier alpha value is -2.72. The van der Waals surface area contributed by atoms with Gasteiger partial charge in [-0.25, -0.2) is 17.8 Å². The molecule has 0 radical (unpaired) electrons. The molecule has 2 aromatic heterocycles. The number of halogens is 1. The average Bonchev–Trinajstić information content (AvgIpc) is 3.19. The second-order valence-corrected chi connectivity index (χ2v) is 8.01. The van der Waals surface area contributed by atoms with Crippen LogP contribution >= 0.6 is 0 Å². The van der Waals surface area contributed by atoms with Gasteiger partial charge in [-0.05, 0) is 31.0 Å². The molecule has 1 saturated heterocycles. The summed E-state index contributed by atoms with van der Waals surface area (Å²) in [7, 11) is -3.90. The van der Waals surface area contributed by atoms with E-state index in [-0.39, 0.29) is 16.7 Å². The first kappa shape index (κ1) is 17.7. The van der Waals surface area contributed by atoms with Crippen LogP contribution in [0.2, 0.25) is 0 Å². The monoisotopic (exact) mass is 389 g/mol. The molecule has 1 atom stereocenters. The van der Waals surface area contributed by atoms with Gasteiger partial charge in [0.1, 0.15) is 17.6 Å². The van der Waals surface area contributed by atoms with E-state index in [4.69, 9.17) is 4.42 Å². The lowest BCUT2D eigenvalue weighted by Gasteiger charge is -2.32. The molecule has 1 unspecified atom stereocenters. The third kappa shape index (κ3) is 3.45. The molecule has 1 aliphatic heterocycles. The van der Waals surface area contributed by atoms with Crippen molar-refractivity contribution in [1.29, 1.82) is 0 Å². The molecule has 3 aromatic rings. The molecule has 0 N–H and O–H groups in total. The van der Waals surface area contributed by atoms with Crippen molar-refractivity contribution < 1.29 is 17.2 Å². The molecule has 0 spiro atoms. The number of nitrogens with zero attached hydrogens (tertiary/aromatic N) is 5. The van der Waals surface area contributed by atoms with Gasteiger partial charge in [-0.1, -0.05) is 12.5 Å². The Morgan fingerprint density at radius 3 is 2.85 bits per heavy atom. The fraction of sp³-hybridized carbons (Fsp3) is 0.294. The van der Waals surface area contributed by atoms with Crippen LogP contribution < -0.4 is 0 Å². The number of aromatic nitrogens is 4. The van der Waals surface area contributed by atoms with Crippen molar-refractivity contribution in [3.8, 4) is 11.6 Å². The first-order chi connectivity index (χ1) is 13.1. The van der Waals surface area contributed by atoms with E-state index in [1.54, 1.807) is 0 Å². The van der Waals surface area contributed by atoms with E-state index >= 15 is 0 Å². The number of piperidine rings is 1. The van der Waals surface area contributed by atoms with Gasteiger partial charge in [0.2, 0.25) is 15.9 Å². The van der Waals surface area contributed by atoms with Gasteiger partial charge in [-0.2, -0.15) is 4.31 Å². The van der Waals surface area contributed by atoms with E-state index in [1.165, 1.54) is 41.1 Å². The normalized spacial score (nSPS) is 18.5. The second kappa shape index (κ2) is 7.12. The van der Waals surface area contributed by atoms with Crippen molar-refractivity contribution in [2.24, 2.45) is 0 Å². The van der Waals surface area contributed by atoms with Crippen LogP contribution in [0.3, 0.4) is 0 Å². The molecule has 0 aliphatic carbocycles. The topological polar surface area (TPSA) is 102 Å². The van der Waals surface area contributed by atoms with Gasteiger partial charge in [-0.15, -0.1) is 10.2 Å². The minimum absolute atomic E-state index is 0.0944. The Labute approximate surface area is 155 Å². The summed E-state index contributed by atoms with van der Waals surface area (Å²) in [4.78, 5) is 7.96. The first-order valence-electron chi connectivity index (χ1n) is 8.43. The Balaban J connectivity index is 1.68. The van der Waals surface area contributed by atoms with Gasteiger partial charge in [0, 0.05) is 18.9 Å². The highest BCUT2D eigenvalue weighted by Gasteiger charge is 2.37. The predicted molar refractivity (Wildman–Crippen MR) is 92.2 cm³/mol. The van der Waals surface area contributed by atoms with E-state index in [0.717, 1.165) is 12.5 Å². The van der Waals surface area contributed by atoms with E-state index in [9.17, 15) is 12.8 Å². The van der Waals surface area contributed by atoms with Gasteiger partial charge in [0.25, 0.3) is 5.89 Å². The number of benzene rings is 1. The molecular formula is C17H16FN5O3S. The minimum atomic E-state index is -3.90. The van der Waals surface area contributed by atoms with Crippen molar-refractivity contribution in [2.75, 3.05) is 6.54 Å². The van der Waals surface area contributed by atoms with E-state index in [2.05, 4.69) is 20.2 Å². The van der Waals surface area contributed by atoms with Gasteiger partial charge in [0.05, 0.1) is 11.1 Å². The highest BCUT2D eigenvalue weighted by atomic mass is 32.2. The van der Waals surface area contributed by atoms with Crippen LogP contribution in [0.1, 0.15) is 31.2 Å². The van der Waals surface area contributed by atoms with E-state index in [0.29, 0.717) is 25.1 Å². The summed E-state index contributed by atoms with van der Waals surface area (Å²) in [6, 6.07) is 4.37. The van der Waals surface area contributed by atoms with Crippen LogP contribution in [-0.4, -0.2) is 39.4 Å².